The summed E-state index contributed by atoms with van der Waals surface area (Å²) in [5.74, 6) is -0.374. The van der Waals surface area contributed by atoms with Gasteiger partial charge in [-0.1, -0.05) is 28.1 Å². The number of nitrogens with zero attached hydrogens (tertiary/aromatic N) is 1. The zero-order chi connectivity index (χ0) is 13.4. The van der Waals surface area contributed by atoms with Crippen LogP contribution in [0.15, 0.2) is 56.1 Å². The van der Waals surface area contributed by atoms with Gasteiger partial charge in [0.05, 0.1) is 12.1 Å². The van der Waals surface area contributed by atoms with E-state index in [0.29, 0.717) is 23.3 Å². The Morgan fingerprint density at radius 1 is 1.21 bits per heavy atom. The molecule has 0 bridgehead atoms. The van der Waals surface area contributed by atoms with Gasteiger partial charge >= 0.3 is 5.76 Å². The third-order valence-electron chi connectivity index (χ3n) is 2.92. The SMILES string of the molecule is Nc1ccc2oc(=O)n(Cc3cccc(Br)c3)c2c1. The van der Waals surface area contributed by atoms with E-state index >= 15 is 0 Å². The first-order valence-corrected chi connectivity index (χ1v) is 6.56. The molecule has 4 nitrogen and oxygen atoms in total. The van der Waals surface area contributed by atoms with E-state index in [1.54, 1.807) is 22.8 Å². The Labute approximate surface area is 117 Å². The van der Waals surface area contributed by atoms with Crippen molar-refractivity contribution in [3.05, 3.63) is 63.1 Å². The van der Waals surface area contributed by atoms with E-state index in [1.807, 2.05) is 24.3 Å². The van der Waals surface area contributed by atoms with Crippen molar-refractivity contribution in [1.82, 2.24) is 4.57 Å². The number of halogens is 1. The van der Waals surface area contributed by atoms with Gasteiger partial charge in [-0.3, -0.25) is 4.57 Å². The topological polar surface area (TPSA) is 61.2 Å². The fourth-order valence-electron chi connectivity index (χ4n) is 2.05. The van der Waals surface area contributed by atoms with Crippen LogP contribution in [0.5, 0.6) is 0 Å². The molecule has 0 atom stereocenters. The van der Waals surface area contributed by atoms with Crippen molar-refractivity contribution in [3.63, 3.8) is 0 Å². The highest BCUT2D eigenvalue weighted by molar-refractivity contribution is 9.10. The van der Waals surface area contributed by atoms with E-state index < -0.39 is 0 Å². The monoisotopic (exact) mass is 318 g/mol. The first-order valence-electron chi connectivity index (χ1n) is 5.77. The van der Waals surface area contributed by atoms with Gasteiger partial charge in [-0.25, -0.2) is 4.79 Å². The molecule has 0 fully saturated rings. The smallest absolute Gasteiger partial charge is 0.408 e. The summed E-state index contributed by atoms with van der Waals surface area (Å²) in [6.45, 7) is 0.453. The molecule has 0 aliphatic rings. The molecule has 0 aliphatic carbocycles. The molecule has 3 rings (SSSR count). The maximum Gasteiger partial charge on any atom is 0.420 e. The lowest BCUT2D eigenvalue weighted by Crippen LogP contribution is -2.14. The van der Waals surface area contributed by atoms with Crippen LogP contribution in [0.4, 0.5) is 5.69 Å². The number of fused-ring (bicyclic) bond motifs is 1. The van der Waals surface area contributed by atoms with Crippen LogP contribution >= 0.6 is 15.9 Å². The molecule has 2 aromatic carbocycles. The molecule has 2 N–H and O–H groups in total. The highest BCUT2D eigenvalue weighted by Gasteiger charge is 2.09. The van der Waals surface area contributed by atoms with Crippen LogP contribution in [0.3, 0.4) is 0 Å². The molecule has 0 spiro atoms. The predicted octanol–water partition coefficient (Wildman–Crippen LogP) is 2.99. The number of aromatic nitrogens is 1. The van der Waals surface area contributed by atoms with E-state index in [9.17, 15) is 4.79 Å². The minimum atomic E-state index is -0.374. The summed E-state index contributed by atoms with van der Waals surface area (Å²) >= 11 is 3.42. The first kappa shape index (κ1) is 12.0. The molecule has 19 heavy (non-hydrogen) atoms. The summed E-state index contributed by atoms with van der Waals surface area (Å²) < 4.78 is 7.75. The van der Waals surface area contributed by atoms with E-state index in [2.05, 4.69) is 15.9 Å². The third-order valence-corrected chi connectivity index (χ3v) is 3.41. The number of benzene rings is 2. The molecule has 0 amide bonds. The van der Waals surface area contributed by atoms with Crippen LogP contribution in [-0.4, -0.2) is 4.57 Å². The van der Waals surface area contributed by atoms with Crippen molar-refractivity contribution in [1.29, 1.82) is 0 Å². The maximum atomic E-state index is 11.9. The number of hydrogen-bond acceptors (Lipinski definition) is 3. The third kappa shape index (κ3) is 2.29. The van der Waals surface area contributed by atoms with E-state index in [0.717, 1.165) is 10.0 Å². The van der Waals surface area contributed by atoms with Gasteiger partial charge in [0.2, 0.25) is 0 Å². The van der Waals surface area contributed by atoms with Crippen molar-refractivity contribution in [3.8, 4) is 0 Å². The molecule has 0 saturated heterocycles. The van der Waals surface area contributed by atoms with Crippen molar-refractivity contribution in [2.75, 3.05) is 5.73 Å². The molecule has 96 valence electrons. The molecular weight excluding hydrogens is 308 g/mol. The van der Waals surface area contributed by atoms with E-state index in [4.69, 9.17) is 10.2 Å². The van der Waals surface area contributed by atoms with Gasteiger partial charge < -0.3 is 10.2 Å². The quantitative estimate of drug-likeness (QED) is 0.739. The van der Waals surface area contributed by atoms with Gasteiger partial charge in [0.15, 0.2) is 5.58 Å². The molecule has 0 aliphatic heterocycles. The molecule has 0 radical (unpaired) electrons. The summed E-state index contributed by atoms with van der Waals surface area (Å²) in [5.41, 5.74) is 8.64. The second kappa shape index (κ2) is 4.59. The van der Waals surface area contributed by atoms with E-state index in [-0.39, 0.29) is 5.76 Å². The van der Waals surface area contributed by atoms with Crippen LogP contribution < -0.4 is 11.5 Å². The summed E-state index contributed by atoms with van der Waals surface area (Å²) in [6, 6.07) is 13.0. The van der Waals surface area contributed by atoms with Gasteiger partial charge in [0.25, 0.3) is 0 Å². The Kier molecular flexibility index (Phi) is 2.91. The summed E-state index contributed by atoms with van der Waals surface area (Å²) in [5, 5.41) is 0. The van der Waals surface area contributed by atoms with Crippen LogP contribution in [0.25, 0.3) is 11.1 Å². The number of hydrogen-bond donors (Lipinski definition) is 1. The van der Waals surface area contributed by atoms with Gasteiger partial charge in [0.1, 0.15) is 0 Å². The number of rotatable bonds is 2. The molecule has 1 heterocycles. The second-order valence-electron chi connectivity index (χ2n) is 4.31. The van der Waals surface area contributed by atoms with Crippen molar-refractivity contribution >= 4 is 32.7 Å². The lowest BCUT2D eigenvalue weighted by atomic mass is 10.2. The Morgan fingerprint density at radius 3 is 2.84 bits per heavy atom. The van der Waals surface area contributed by atoms with Gasteiger partial charge in [-0.15, -0.1) is 0 Å². The first-order chi connectivity index (χ1) is 9.13. The minimum absolute atomic E-state index is 0.374. The zero-order valence-corrected chi connectivity index (χ0v) is 11.6. The molecule has 3 aromatic rings. The van der Waals surface area contributed by atoms with Crippen molar-refractivity contribution in [2.45, 2.75) is 6.54 Å². The lowest BCUT2D eigenvalue weighted by molar-refractivity contribution is 0.517. The Morgan fingerprint density at radius 2 is 2.05 bits per heavy atom. The summed E-state index contributed by atoms with van der Waals surface area (Å²) in [4.78, 5) is 11.9. The number of oxazole rings is 1. The Hall–Kier alpha value is -2.01. The molecule has 1 aromatic heterocycles. The minimum Gasteiger partial charge on any atom is -0.408 e. The van der Waals surface area contributed by atoms with Crippen LogP contribution in [-0.2, 0) is 6.54 Å². The molecule has 5 heteroatoms. The molecular formula is C14H11BrN2O2. The number of nitrogen functional groups attached to an aromatic ring is 1. The van der Waals surface area contributed by atoms with Gasteiger partial charge in [0, 0.05) is 10.2 Å². The molecule has 0 unspecified atom stereocenters. The van der Waals surface area contributed by atoms with Gasteiger partial charge in [-0.2, -0.15) is 0 Å². The normalized spacial score (nSPS) is 11.0. The molecule has 0 saturated carbocycles. The largest absolute Gasteiger partial charge is 0.420 e. The highest BCUT2D eigenvalue weighted by atomic mass is 79.9. The van der Waals surface area contributed by atoms with Crippen molar-refractivity contribution in [2.24, 2.45) is 0 Å². The zero-order valence-electron chi connectivity index (χ0n) is 9.97. The van der Waals surface area contributed by atoms with Crippen molar-refractivity contribution < 1.29 is 4.42 Å². The summed E-state index contributed by atoms with van der Waals surface area (Å²) in [7, 11) is 0. The fraction of sp³-hybridized carbons (Fsp3) is 0.0714. The van der Waals surface area contributed by atoms with Crippen LogP contribution in [0.1, 0.15) is 5.56 Å². The fourth-order valence-corrected chi connectivity index (χ4v) is 2.49. The second-order valence-corrected chi connectivity index (χ2v) is 5.23. The Bertz CT molecular complexity index is 805. The van der Waals surface area contributed by atoms with Gasteiger partial charge in [-0.05, 0) is 35.9 Å². The maximum absolute atomic E-state index is 11.9. The van der Waals surface area contributed by atoms with Crippen LogP contribution in [0, 0.1) is 0 Å². The van der Waals surface area contributed by atoms with E-state index in [1.165, 1.54) is 0 Å². The van der Waals surface area contributed by atoms with Crippen LogP contribution in [0.2, 0.25) is 0 Å². The average Bonchev–Trinajstić information content (AvgIpc) is 2.66. The number of anilines is 1. The number of nitrogens with two attached hydrogens (primary N) is 1. The Balaban J connectivity index is 2.12. The average molecular weight is 319 g/mol. The predicted molar refractivity (Wildman–Crippen MR) is 78.1 cm³/mol. The summed E-state index contributed by atoms with van der Waals surface area (Å²) in [6.07, 6.45) is 0. The highest BCUT2D eigenvalue weighted by Crippen LogP contribution is 2.18. The standard InChI is InChI=1S/C14H11BrN2O2/c15-10-3-1-2-9(6-10)8-17-12-7-11(16)4-5-13(12)19-14(17)18/h1-7H,8,16H2. The lowest BCUT2D eigenvalue weighted by Gasteiger charge is -2.03.